The lowest BCUT2D eigenvalue weighted by Crippen LogP contribution is -2.61. The van der Waals surface area contributed by atoms with Crippen molar-refractivity contribution < 1.29 is 19.2 Å². The molecule has 2 atom stereocenters. The van der Waals surface area contributed by atoms with Gasteiger partial charge in [-0.05, 0) is 49.6 Å². The number of carbonyl (C=O) groups excluding carboxylic acids is 1. The highest BCUT2D eigenvalue weighted by Gasteiger charge is 2.50. The third-order valence-electron chi connectivity index (χ3n) is 8.64. The summed E-state index contributed by atoms with van der Waals surface area (Å²) < 4.78 is 0.166. The summed E-state index contributed by atoms with van der Waals surface area (Å²) in [5.41, 5.74) is 3.78. The Morgan fingerprint density at radius 2 is 1.77 bits per heavy atom. The zero-order valence-corrected chi connectivity index (χ0v) is 24.4. The second-order valence-electron chi connectivity index (χ2n) is 11.3. The first kappa shape index (κ1) is 28.1. The zero-order chi connectivity index (χ0) is 28.6. The number of rotatable bonds is 6. The minimum atomic E-state index is -0.954. The van der Waals surface area contributed by atoms with Crippen molar-refractivity contribution in [2.45, 2.75) is 51.1 Å². The number of aryl methyl sites for hydroxylation is 2. The third kappa shape index (κ3) is 5.18. The minimum absolute atomic E-state index is 0.0181. The molecule has 2 aromatic carbocycles. The number of hydrogen-bond donors (Lipinski definition) is 1. The molecule has 1 amide bonds. The number of quaternary nitrogens is 1. The lowest BCUT2D eigenvalue weighted by Gasteiger charge is -2.49. The van der Waals surface area contributed by atoms with Crippen molar-refractivity contribution in [1.29, 1.82) is 0 Å². The van der Waals surface area contributed by atoms with E-state index >= 15 is 0 Å². The maximum absolute atomic E-state index is 14.6. The smallest absolute Gasteiger partial charge is 0.347 e. The number of halogens is 1. The van der Waals surface area contributed by atoms with Crippen molar-refractivity contribution in [1.82, 2.24) is 9.97 Å². The molecule has 9 heteroatoms. The van der Waals surface area contributed by atoms with Gasteiger partial charge in [0.05, 0.1) is 29.2 Å². The zero-order valence-electron chi connectivity index (χ0n) is 23.6. The largest absolute Gasteiger partial charge is 0.478 e. The van der Waals surface area contributed by atoms with Crippen molar-refractivity contribution in [3.8, 4) is 0 Å². The number of aromatic nitrogens is 2. The van der Waals surface area contributed by atoms with Gasteiger partial charge in [-0.1, -0.05) is 29.8 Å². The number of benzene rings is 2. The Bertz CT molecular complexity index is 1440. The van der Waals surface area contributed by atoms with E-state index in [4.69, 9.17) is 16.6 Å². The van der Waals surface area contributed by atoms with E-state index in [9.17, 15) is 14.7 Å². The van der Waals surface area contributed by atoms with E-state index in [1.54, 1.807) is 24.3 Å². The molecule has 1 aliphatic carbocycles. The van der Waals surface area contributed by atoms with Gasteiger partial charge in [-0.25, -0.2) is 19.1 Å². The second kappa shape index (κ2) is 11.2. The first-order valence-electron chi connectivity index (χ1n) is 13.9. The number of fused-ring (bicyclic) bond motifs is 1. The molecule has 1 fully saturated rings. The third-order valence-corrected chi connectivity index (χ3v) is 8.97. The van der Waals surface area contributed by atoms with Crippen LogP contribution in [0.2, 0.25) is 5.02 Å². The lowest BCUT2D eigenvalue weighted by molar-refractivity contribution is -0.888. The van der Waals surface area contributed by atoms with Gasteiger partial charge in [0.1, 0.15) is 11.9 Å². The van der Waals surface area contributed by atoms with Gasteiger partial charge in [-0.3, -0.25) is 0 Å². The highest BCUT2D eigenvalue weighted by Crippen LogP contribution is 2.44. The van der Waals surface area contributed by atoms with Gasteiger partial charge >= 0.3 is 11.9 Å². The summed E-state index contributed by atoms with van der Waals surface area (Å²) in [6.45, 7) is 3.49. The van der Waals surface area contributed by atoms with E-state index in [0.717, 1.165) is 67.8 Å². The summed E-state index contributed by atoms with van der Waals surface area (Å²) in [4.78, 5) is 40.0. The van der Waals surface area contributed by atoms with E-state index in [0.29, 0.717) is 16.5 Å². The summed E-state index contributed by atoms with van der Waals surface area (Å²) in [5, 5.41) is 10.2. The van der Waals surface area contributed by atoms with E-state index in [1.165, 1.54) is 0 Å². The predicted octanol–water partition coefficient (Wildman–Crippen LogP) is 5.54. The van der Waals surface area contributed by atoms with E-state index < -0.39 is 5.97 Å². The Kier molecular flexibility index (Phi) is 7.84. The van der Waals surface area contributed by atoms with Gasteiger partial charge in [-0.15, -0.1) is 0 Å². The molecule has 1 unspecified atom stereocenters. The van der Waals surface area contributed by atoms with Crippen LogP contribution in [0.1, 0.15) is 69.3 Å². The van der Waals surface area contributed by atoms with E-state index in [1.807, 2.05) is 57.2 Å². The Hall–Kier alpha value is -3.49. The van der Waals surface area contributed by atoms with Crippen LogP contribution in [-0.4, -0.2) is 71.7 Å². The first-order chi connectivity index (χ1) is 19.1. The van der Waals surface area contributed by atoms with Gasteiger partial charge in [0.15, 0.2) is 0 Å². The number of carboxylic acids is 1. The predicted molar refractivity (Wildman–Crippen MR) is 157 cm³/mol. The van der Waals surface area contributed by atoms with Crippen LogP contribution in [0.3, 0.4) is 0 Å². The number of carboxylic acid groups (broad SMARTS) is 1. The number of aromatic carboxylic acids is 1. The van der Waals surface area contributed by atoms with Crippen molar-refractivity contribution in [2.24, 2.45) is 0 Å². The Morgan fingerprint density at radius 3 is 2.45 bits per heavy atom. The minimum Gasteiger partial charge on any atom is -0.478 e. The van der Waals surface area contributed by atoms with Crippen molar-refractivity contribution >= 4 is 35.2 Å². The van der Waals surface area contributed by atoms with Crippen molar-refractivity contribution in [2.75, 3.05) is 44.0 Å². The van der Waals surface area contributed by atoms with Crippen LogP contribution in [0, 0.1) is 6.92 Å². The fourth-order valence-corrected chi connectivity index (χ4v) is 6.67. The molecule has 0 bridgehead atoms. The molecule has 210 valence electrons. The molecule has 0 saturated carbocycles. The maximum atomic E-state index is 14.6. The topological polar surface area (TPSA) is 86.6 Å². The molecule has 2 aliphatic rings. The Balaban J connectivity index is 1.53. The molecule has 2 heterocycles. The van der Waals surface area contributed by atoms with Gasteiger partial charge in [0.25, 0.3) is 0 Å². The number of nitrogens with zero attached hydrogens (tertiary/aromatic N) is 5. The number of amides is 1. The van der Waals surface area contributed by atoms with Gasteiger partial charge in [-0.2, -0.15) is 4.98 Å². The first-order valence-corrected chi connectivity index (χ1v) is 14.3. The maximum Gasteiger partial charge on any atom is 0.347 e. The molecule has 3 aromatic rings. The van der Waals surface area contributed by atoms with Gasteiger partial charge in [0.2, 0.25) is 5.95 Å². The highest BCUT2D eigenvalue weighted by molar-refractivity contribution is 6.33. The van der Waals surface area contributed by atoms with Crippen LogP contribution in [0.5, 0.6) is 0 Å². The molecule has 1 N–H and O–H groups in total. The monoisotopic (exact) mass is 562 g/mol. The van der Waals surface area contributed by atoms with Crippen LogP contribution in [0.15, 0.2) is 48.5 Å². The van der Waals surface area contributed by atoms with E-state index in [-0.39, 0.29) is 28.0 Å². The van der Waals surface area contributed by atoms with Crippen molar-refractivity contribution in [3.05, 3.63) is 81.5 Å². The van der Waals surface area contributed by atoms with Crippen LogP contribution >= 0.6 is 11.6 Å². The molecule has 1 saturated heterocycles. The number of hydrogen-bond acceptors (Lipinski definition) is 6. The molecule has 0 radical (unpaired) electrons. The molecule has 8 nitrogen and oxygen atoms in total. The standard InChI is InChI=1S/C31H36ClN5O3/c1-20-18-28(34-31(33-20)35(2)3)36-16-14-23(15-17-36)37(4,29(38)24-9-5-6-10-26(24)32)27-11-7-8-21-12-13-22(30(39)40)19-25(21)27/h5-6,9-10,12-13,18-19,23,27H,7-8,11,14-17H2,1-4H3/p+1/t27-,37?/m1/s1. The molecule has 5 rings (SSSR count). The second-order valence-corrected chi connectivity index (χ2v) is 11.7. The normalized spacial score (nSPS) is 19.0. The lowest BCUT2D eigenvalue weighted by atomic mass is 9.82. The molecule has 40 heavy (non-hydrogen) atoms. The van der Waals surface area contributed by atoms with Crippen LogP contribution < -0.4 is 9.80 Å². The molecule has 1 aromatic heterocycles. The number of piperidine rings is 1. The Morgan fingerprint density at radius 1 is 1.05 bits per heavy atom. The average molecular weight is 563 g/mol. The summed E-state index contributed by atoms with van der Waals surface area (Å²) in [6, 6.07) is 14.5. The van der Waals surface area contributed by atoms with Crippen molar-refractivity contribution in [3.63, 3.8) is 0 Å². The summed E-state index contributed by atoms with van der Waals surface area (Å²) >= 11 is 6.59. The SMILES string of the molecule is Cc1cc(N2CCC([N+](C)(C(=O)c3ccccc3Cl)[C@@H]3CCCc4ccc(C(=O)O)cc43)CC2)nc(N(C)C)n1. The van der Waals surface area contributed by atoms with Gasteiger partial charge in [0, 0.05) is 63.8 Å². The molecule has 0 spiro atoms. The fraction of sp³-hybridized carbons (Fsp3) is 0.419. The van der Waals surface area contributed by atoms with E-state index in [2.05, 4.69) is 9.88 Å². The number of anilines is 2. The summed E-state index contributed by atoms with van der Waals surface area (Å²) in [6.07, 6.45) is 4.21. The molecular formula is C31H37ClN5O3+. The van der Waals surface area contributed by atoms with Crippen LogP contribution in [0.4, 0.5) is 11.8 Å². The van der Waals surface area contributed by atoms with Gasteiger partial charge < -0.3 is 14.9 Å². The quantitative estimate of drug-likeness (QED) is 0.395. The molecule has 1 aliphatic heterocycles. The van der Waals surface area contributed by atoms with Crippen LogP contribution in [-0.2, 0) is 6.42 Å². The molecular weight excluding hydrogens is 526 g/mol. The Labute approximate surface area is 240 Å². The highest BCUT2D eigenvalue weighted by atomic mass is 35.5. The summed E-state index contributed by atoms with van der Waals surface area (Å²) in [7, 11) is 5.91. The average Bonchev–Trinajstić information content (AvgIpc) is 2.95. The fourth-order valence-electron chi connectivity index (χ4n) is 6.45. The summed E-state index contributed by atoms with van der Waals surface area (Å²) in [5.74, 6) is 0.606. The van der Waals surface area contributed by atoms with Crippen LogP contribution in [0.25, 0.3) is 0 Å². The number of carbonyl (C=O) groups is 2.